The number of hydrogen-bond donors (Lipinski definition) is 1. The molecule has 1 amide bonds. The monoisotopic (exact) mass is 406 g/mol. The number of amides is 1. The van der Waals surface area contributed by atoms with E-state index in [1.807, 2.05) is 24.3 Å². The number of non-ortho nitro benzene ring substituents is 1. The molecular weight excluding hydrogens is 380 g/mol. The largest absolute Gasteiger partial charge is 0.365 e. The molecular formula is C23H26N4O3. The predicted molar refractivity (Wildman–Crippen MR) is 116 cm³/mol. The number of benzene rings is 2. The molecule has 1 fully saturated rings. The van der Waals surface area contributed by atoms with Gasteiger partial charge in [-0.1, -0.05) is 36.4 Å². The second kappa shape index (κ2) is 8.67. The van der Waals surface area contributed by atoms with E-state index in [0.29, 0.717) is 13.0 Å². The number of fused-ring (bicyclic) bond motifs is 3. The van der Waals surface area contributed by atoms with Crippen LogP contribution in [0.3, 0.4) is 0 Å². The van der Waals surface area contributed by atoms with Gasteiger partial charge in [-0.3, -0.25) is 19.8 Å². The lowest BCUT2D eigenvalue weighted by Gasteiger charge is -2.49. The van der Waals surface area contributed by atoms with Crippen LogP contribution in [0.2, 0.25) is 0 Å². The zero-order valence-corrected chi connectivity index (χ0v) is 16.9. The third kappa shape index (κ3) is 4.07. The van der Waals surface area contributed by atoms with Crippen molar-refractivity contribution in [1.82, 2.24) is 10.2 Å². The van der Waals surface area contributed by atoms with E-state index in [0.717, 1.165) is 37.4 Å². The highest BCUT2D eigenvalue weighted by Gasteiger charge is 2.41. The van der Waals surface area contributed by atoms with Crippen molar-refractivity contribution in [2.75, 3.05) is 31.1 Å². The molecule has 0 aromatic heterocycles. The van der Waals surface area contributed by atoms with Gasteiger partial charge < -0.3 is 10.2 Å². The van der Waals surface area contributed by atoms with Gasteiger partial charge in [0.25, 0.3) is 5.69 Å². The fourth-order valence-electron chi connectivity index (χ4n) is 4.57. The van der Waals surface area contributed by atoms with Gasteiger partial charge in [-0.05, 0) is 23.6 Å². The zero-order chi connectivity index (χ0) is 21.1. The van der Waals surface area contributed by atoms with E-state index < -0.39 is 0 Å². The first-order valence-corrected chi connectivity index (χ1v) is 10.3. The molecule has 2 aliphatic heterocycles. The molecule has 7 heteroatoms. The summed E-state index contributed by atoms with van der Waals surface area (Å²) in [5.41, 5.74) is 3.21. The van der Waals surface area contributed by atoms with Crippen LogP contribution >= 0.6 is 0 Å². The normalized spacial score (nSPS) is 20.7. The van der Waals surface area contributed by atoms with Crippen LogP contribution in [0.4, 0.5) is 11.4 Å². The Kier molecular flexibility index (Phi) is 5.81. The molecule has 2 heterocycles. The summed E-state index contributed by atoms with van der Waals surface area (Å²) in [5.74, 6) is -0.290. The van der Waals surface area contributed by atoms with Crippen LogP contribution in [0, 0.1) is 16.0 Å². The number of carbonyl (C=O) groups is 1. The molecule has 2 atom stereocenters. The molecule has 7 nitrogen and oxygen atoms in total. The Morgan fingerprint density at radius 2 is 2.03 bits per heavy atom. The lowest BCUT2D eigenvalue weighted by atomic mass is 9.83. The number of piperazine rings is 1. The molecule has 0 bridgehead atoms. The van der Waals surface area contributed by atoms with Crippen LogP contribution < -0.4 is 10.2 Å². The number of nitro groups is 1. The van der Waals surface area contributed by atoms with E-state index in [1.54, 1.807) is 18.2 Å². The second-order valence-corrected chi connectivity index (χ2v) is 7.90. The van der Waals surface area contributed by atoms with Gasteiger partial charge in [0.05, 0.1) is 16.9 Å². The van der Waals surface area contributed by atoms with Gasteiger partial charge in [0.1, 0.15) is 0 Å². The minimum Gasteiger partial charge on any atom is -0.365 e. The first-order chi connectivity index (χ1) is 14.6. The van der Waals surface area contributed by atoms with Crippen molar-refractivity contribution >= 4 is 17.3 Å². The Morgan fingerprint density at radius 3 is 2.77 bits per heavy atom. The number of nitrogens with zero attached hydrogens (tertiary/aromatic N) is 3. The van der Waals surface area contributed by atoms with Crippen LogP contribution in [-0.2, 0) is 17.8 Å². The van der Waals surface area contributed by atoms with Crippen molar-refractivity contribution in [3.05, 3.63) is 82.4 Å². The topological polar surface area (TPSA) is 78.7 Å². The Hall–Kier alpha value is -3.19. The van der Waals surface area contributed by atoms with Gasteiger partial charge in [0.15, 0.2) is 0 Å². The van der Waals surface area contributed by atoms with Crippen molar-refractivity contribution < 1.29 is 9.72 Å². The number of rotatable bonds is 6. The third-order valence-electron chi connectivity index (χ3n) is 6.00. The number of nitrogens with one attached hydrogen (secondary N) is 1. The summed E-state index contributed by atoms with van der Waals surface area (Å²) in [6.45, 7) is 7.38. The van der Waals surface area contributed by atoms with Crippen LogP contribution in [0.1, 0.15) is 11.1 Å². The average molecular weight is 406 g/mol. The summed E-state index contributed by atoms with van der Waals surface area (Å²) in [4.78, 5) is 28.5. The quantitative estimate of drug-likeness (QED) is 0.453. The third-order valence-corrected chi connectivity index (χ3v) is 6.00. The van der Waals surface area contributed by atoms with Crippen molar-refractivity contribution in [3.8, 4) is 0 Å². The van der Waals surface area contributed by atoms with Crippen molar-refractivity contribution in [1.29, 1.82) is 0 Å². The average Bonchev–Trinajstić information content (AvgIpc) is 2.77. The summed E-state index contributed by atoms with van der Waals surface area (Å²) < 4.78 is 0. The van der Waals surface area contributed by atoms with Crippen molar-refractivity contribution in [3.63, 3.8) is 0 Å². The highest BCUT2D eigenvalue weighted by atomic mass is 16.6. The van der Waals surface area contributed by atoms with E-state index in [2.05, 4.69) is 33.8 Å². The summed E-state index contributed by atoms with van der Waals surface area (Å²) in [5, 5.41) is 14.2. The van der Waals surface area contributed by atoms with E-state index in [9.17, 15) is 14.9 Å². The maximum Gasteiger partial charge on any atom is 0.269 e. The summed E-state index contributed by atoms with van der Waals surface area (Å²) >= 11 is 0. The summed E-state index contributed by atoms with van der Waals surface area (Å²) in [7, 11) is 0. The van der Waals surface area contributed by atoms with Gasteiger partial charge in [-0.15, -0.1) is 6.58 Å². The van der Waals surface area contributed by atoms with Crippen molar-refractivity contribution in [2.24, 2.45) is 5.92 Å². The maximum atomic E-state index is 13.0. The highest BCUT2D eigenvalue weighted by molar-refractivity contribution is 5.82. The first kappa shape index (κ1) is 20.1. The van der Waals surface area contributed by atoms with E-state index in [-0.39, 0.29) is 28.5 Å². The van der Waals surface area contributed by atoms with Crippen LogP contribution in [-0.4, -0.2) is 48.0 Å². The van der Waals surface area contributed by atoms with Gasteiger partial charge in [0, 0.05) is 50.5 Å². The minimum absolute atomic E-state index is 0.0244. The molecule has 0 aliphatic carbocycles. The van der Waals surface area contributed by atoms with E-state index in [4.69, 9.17) is 0 Å². The summed E-state index contributed by atoms with van der Waals surface area (Å²) in [6, 6.07) is 15.4. The summed E-state index contributed by atoms with van der Waals surface area (Å²) in [6.07, 6.45) is 2.17. The number of carbonyl (C=O) groups excluding carboxylic acids is 1. The molecule has 2 unspecified atom stereocenters. The molecule has 2 aromatic rings. The SMILES string of the molecule is C=CCNC(=O)C1Cc2cc([N+](=O)[O-])ccc2N2CCN(Cc3ccccc3)CC12. The highest BCUT2D eigenvalue weighted by Crippen LogP contribution is 2.38. The first-order valence-electron chi connectivity index (χ1n) is 10.3. The van der Waals surface area contributed by atoms with Crippen LogP contribution in [0.5, 0.6) is 0 Å². The molecule has 30 heavy (non-hydrogen) atoms. The molecule has 4 rings (SSSR count). The predicted octanol–water partition coefficient (Wildman–Crippen LogP) is 2.76. The fourth-order valence-corrected chi connectivity index (χ4v) is 4.57. The zero-order valence-electron chi connectivity index (χ0n) is 16.9. The van der Waals surface area contributed by atoms with Gasteiger partial charge >= 0.3 is 0 Å². The van der Waals surface area contributed by atoms with Crippen LogP contribution in [0.25, 0.3) is 0 Å². The molecule has 2 aromatic carbocycles. The fraction of sp³-hybridized carbons (Fsp3) is 0.348. The molecule has 0 saturated carbocycles. The minimum atomic E-state index is -0.378. The van der Waals surface area contributed by atoms with Crippen molar-refractivity contribution in [2.45, 2.75) is 19.0 Å². The Morgan fingerprint density at radius 1 is 1.23 bits per heavy atom. The maximum absolute atomic E-state index is 13.0. The molecule has 156 valence electrons. The number of anilines is 1. The Balaban J connectivity index is 1.61. The molecule has 1 saturated heterocycles. The standard InChI is InChI=1S/C23H26N4O3/c1-2-10-24-23(28)20-14-18-13-19(27(29)30)8-9-21(18)26-12-11-25(16-22(20)26)15-17-6-4-3-5-7-17/h2-9,13,20,22H,1,10-12,14-16H2,(H,24,28). The lowest BCUT2D eigenvalue weighted by molar-refractivity contribution is -0.384. The van der Waals surface area contributed by atoms with E-state index >= 15 is 0 Å². The molecule has 0 spiro atoms. The lowest BCUT2D eigenvalue weighted by Crippen LogP contribution is -2.60. The molecule has 1 N–H and O–H groups in total. The van der Waals surface area contributed by atoms with Crippen LogP contribution in [0.15, 0.2) is 61.2 Å². The van der Waals surface area contributed by atoms with Gasteiger partial charge in [-0.2, -0.15) is 0 Å². The smallest absolute Gasteiger partial charge is 0.269 e. The molecule has 2 aliphatic rings. The van der Waals surface area contributed by atoms with Gasteiger partial charge in [0.2, 0.25) is 5.91 Å². The van der Waals surface area contributed by atoms with Gasteiger partial charge in [-0.25, -0.2) is 0 Å². The number of nitro benzene ring substituents is 1. The Labute approximate surface area is 176 Å². The number of hydrogen-bond acceptors (Lipinski definition) is 5. The molecule has 0 radical (unpaired) electrons. The second-order valence-electron chi connectivity index (χ2n) is 7.90. The Bertz CT molecular complexity index is 947. The van der Waals surface area contributed by atoms with E-state index in [1.165, 1.54) is 5.56 Å².